The van der Waals surface area contributed by atoms with Crippen molar-refractivity contribution in [1.29, 1.82) is 0 Å². The van der Waals surface area contributed by atoms with Crippen molar-refractivity contribution in [3.05, 3.63) is 12.7 Å². The smallest absolute Gasteiger partial charge is 0.143 e. The predicted octanol–water partition coefficient (Wildman–Crippen LogP) is 3.08. The lowest BCUT2D eigenvalue weighted by Crippen LogP contribution is -2.11. The Morgan fingerprint density at radius 1 is 1.67 bits per heavy atom. The van der Waals surface area contributed by atoms with Gasteiger partial charge in [-0.3, -0.25) is 9.79 Å². The summed E-state index contributed by atoms with van der Waals surface area (Å²) in [6.45, 7) is 7.92. The van der Waals surface area contributed by atoms with Gasteiger partial charge in [0.25, 0.3) is 0 Å². The molecule has 2 nitrogen and oxygen atoms in total. The first-order chi connectivity index (χ1) is 7.13. The third kappa shape index (κ3) is 4.20. The van der Waals surface area contributed by atoms with Crippen LogP contribution in [0, 0.1) is 5.92 Å². The van der Waals surface area contributed by atoms with Crippen LogP contribution >= 0.6 is 11.8 Å². The van der Waals surface area contributed by atoms with Crippen molar-refractivity contribution in [1.82, 2.24) is 0 Å². The normalized spacial score (nSPS) is 25.7. The Bertz CT molecular complexity index is 271. The zero-order valence-corrected chi connectivity index (χ0v) is 10.3. The first kappa shape index (κ1) is 12.5. The van der Waals surface area contributed by atoms with Gasteiger partial charge in [-0.05, 0) is 26.7 Å². The van der Waals surface area contributed by atoms with E-state index in [2.05, 4.69) is 25.4 Å². The monoisotopic (exact) mass is 225 g/mol. The van der Waals surface area contributed by atoms with Gasteiger partial charge in [0.2, 0.25) is 0 Å². The largest absolute Gasteiger partial charge is 0.299 e. The van der Waals surface area contributed by atoms with Crippen molar-refractivity contribution in [3.63, 3.8) is 0 Å². The number of thioether (sulfide) groups is 1. The molecule has 1 fully saturated rings. The summed E-state index contributed by atoms with van der Waals surface area (Å²) in [4.78, 5) is 16.0. The van der Waals surface area contributed by atoms with E-state index in [4.69, 9.17) is 0 Å². The molecule has 0 radical (unpaired) electrons. The Hall–Kier alpha value is -0.570. The molecule has 1 unspecified atom stereocenters. The molecular formula is C12H19NOS. The summed E-state index contributed by atoms with van der Waals surface area (Å²) >= 11 is 1.62. The SMILES string of the molecule is C=CCC1CCC(=O)CSC1=NC(C)C. The minimum Gasteiger partial charge on any atom is -0.299 e. The van der Waals surface area contributed by atoms with Gasteiger partial charge in [0.1, 0.15) is 5.78 Å². The van der Waals surface area contributed by atoms with Crippen molar-refractivity contribution in [2.45, 2.75) is 39.2 Å². The van der Waals surface area contributed by atoms with Crippen LogP contribution in [0.4, 0.5) is 0 Å². The van der Waals surface area contributed by atoms with E-state index in [1.807, 2.05) is 6.08 Å². The highest BCUT2D eigenvalue weighted by atomic mass is 32.2. The average Bonchev–Trinajstić information content (AvgIpc) is 2.32. The second-order valence-corrected chi connectivity index (χ2v) is 5.14. The van der Waals surface area contributed by atoms with Gasteiger partial charge < -0.3 is 0 Å². The number of Topliss-reactive ketones (excluding diaryl/α,β-unsaturated/α-hetero) is 1. The summed E-state index contributed by atoms with van der Waals surface area (Å²) < 4.78 is 0. The van der Waals surface area contributed by atoms with Gasteiger partial charge in [-0.25, -0.2) is 0 Å². The van der Waals surface area contributed by atoms with E-state index in [9.17, 15) is 4.79 Å². The highest BCUT2D eigenvalue weighted by Crippen LogP contribution is 2.26. The number of rotatable bonds is 3. The maximum atomic E-state index is 11.4. The molecule has 0 aliphatic carbocycles. The summed E-state index contributed by atoms with van der Waals surface area (Å²) in [6, 6.07) is 0.313. The molecule has 1 heterocycles. The minimum absolute atomic E-state index is 0.313. The molecule has 0 aromatic rings. The van der Waals surface area contributed by atoms with E-state index >= 15 is 0 Å². The van der Waals surface area contributed by atoms with Gasteiger partial charge in [-0.15, -0.1) is 18.3 Å². The highest BCUT2D eigenvalue weighted by molar-refractivity contribution is 8.14. The van der Waals surface area contributed by atoms with E-state index in [-0.39, 0.29) is 0 Å². The van der Waals surface area contributed by atoms with E-state index < -0.39 is 0 Å². The summed E-state index contributed by atoms with van der Waals surface area (Å²) in [5.41, 5.74) is 0. The van der Waals surface area contributed by atoms with Crippen molar-refractivity contribution in [2.75, 3.05) is 5.75 Å². The van der Waals surface area contributed by atoms with Crippen LogP contribution < -0.4 is 0 Å². The fourth-order valence-corrected chi connectivity index (χ4v) is 2.81. The summed E-state index contributed by atoms with van der Waals surface area (Å²) in [5, 5.41) is 1.15. The van der Waals surface area contributed by atoms with Crippen LogP contribution in [0.1, 0.15) is 33.1 Å². The van der Waals surface area contributed by atoms with Gasteiger partial charge in [0, 0.05) is 18.4 Å². The molecule has 1 saturated heterocycles. The van der Waals surface area contributed by atoms with Gasteiger partial charge in [-0.1, -0.05) is 6.08 Å². The molecule has 1 atom stereocenters. The number of hydrogen-bond donors (Lipinski definition) is 0. The minimum atomic E-state index is 0.313. The lowest BCUT2D eigenvalue weighted by atomic mass is 9.99. The Kier molecular flexibility index (Phi) is 5.09. The van der Waals surface area contributed by atoms with Crippen LogP contribution in [0.5, 0.6) is 0 Å². The summed E-state index contributed by atoms with van der Waals surface area (Å²) in [6.07, 6.45) is 4.49. The molecule has 0 aromatic heterocycles. The standard InChI is InChI=1S/C12H19NOS/c1-4-5-10-6-7-11(14)8-15-12(10)13-9(2)3/h4,9-10H,1,5-8H2,2-3H3. The molecule has 1 aliphatic rings. The molecule has 0 saturated carbocycles. The van der Waals surface area contributed by atoms with Crippen molar-refractivity contribution >= 4 is 22.6 Å². The van der Waals surface area contributed by atoms with Crippen LogP contribution in [-0.4, -0.2) is 22.6 Å². The maximum Gasteiger partial charge on any atom is 0.143 e. The number of ketones is 1. The van der Waals surface area contributed by atoms with Crippen LogP contribution in [0.2, 0.25) is 0 Å². The first-order valence-corrected chi connectivity index (χ1v) is 6.45. The Labute approximate surface area is 96.2 Å². The van der Waals surface area contributed by atoms with Crippen LogP contribution in [0.25, 0.3) is 0 Å². The van der Waals surface area contributed by atoms with Gasteiger partial charge in [0.15, 0.2) is 0 Å². The molecule has 0 bridgehead atoms. The van der Waals surface area contributed by atoms with Crippen LogP contribution in [0.15, 0.2) is 17.6 Å². The second kappa shape index (κ2) is 6.11. The number of carbonyl (C=O) groups excluding carboxylic acids is 1. The molecule has 84 valence electrons. The zero-order chi connectivity index (χ0) is 11.3. The number of aliphatic imine (C=N–C) groups is 1. The molecule has 0 amide bonds. The molecule has 15 heavy (non-hydrogen) atoms. The number of nitrogens with zero attached hydrogens (tertiary/aromatic N) is 1. The first-order valence-electron chi connectivity index (χ1n) is 5.46. The summed E-state index contributed by atoms with van der Waals surface area (Å²) in [7, 11) is 0. The second-order valence-electron chi connectivity index (χ2n) is 4.15. The van der Waals surface area contributed by atoms with E-state index in [1.165, 1.54) is 0 Å². The molecule has 1 rings (SSSR count). The number of hydrogen-bond acceptors (Lipinski definition) is 3. The average molecular weight is 225 g/mol. The quantitative estimate of drug-likeness (QED) is 0.691. The third-order valence-electron chi connectivity index (χ3n) is 2.34. The van der Waals surface area contributed by atoms with E-state index in [1.54, 1.807) is 11.8 Å². The highest BCUT2D eigenvalue weighted by Gasteiger charge is 2.22. The van der Waals surface area contributed by atoms with Gasteiger partial charge >= 0.3 is 0 Å². The molecule has 0 N–H and O–H groups in total. The Morgan fingerprint density at radius 2 is 2.40 bits per heavy atom. The Balaban J connectivity index is 2.77. The number of allylic oxidation sites excluding steroid dienone is 1. The fraction of sp³-hybridized carbons (Fsp3) is 0.667. The predicted molar refractivity (Wildman–Crippen MR) is 67.6 cm³/mol. The van der Waals surface area contributed by atoms with Crippen LogP contribution in [0.3, 0.4) is 0 Å². The van der Waals surface area contributed by atoms with Crippen molar-refractivity contribution in [3.8, 4) is 0 Å². The fourth-order valence-electron chi connectivity index (χ4n) is 1.62. The molecule has 0 spiro atoms. The molecular weight excluding hydrogens is 206 g/mol. The van der Waals surface area contributed by atoms with Crippen molar-refractivity contribution < 1.29 is 4.79 Å². The topological polar surface area (TPSA) is 29.4 Å². The summed E-state index contributed by atoms with van der Waals surface area (Å²) in [5.74, 6) is 1.36. The van der Waals surface area contributed by atoms with E-state index in [0.717, 1.165) is 17.9 Å². The molecule has 3 heteroatoms. The zero-order valence-electron chi connectivity index (χ0n) is 9.53. The number of carbonyl (C=O) groups is 1. The maximum absolute atomic E-state index is 11.4. The lowest BCUT2D eigenvalue weighted by molar-refractivity contribution is -0.116. The van der Waals surface area contributed by atoms with Gasteiger partial charge in [-0.2, -0.15) is 0 Å². The lowest BCUT2D eigenvalue weighted by Gasteiger charge is -2.14. The van der Waals surface area contributed by atoms with Crippen molar-refractivity contribution in [2.24, 2.45) is 10.9 Å². The van der Waals surface area contributed by atoms with E-state index in [0.29, 0.717) is 29.9 Å². The third-order valence-corrected chi connectivity index (χ3v) is 3.54. The molecule has 0 aromatic carbocycles. The van der Waals surface area contributed by atoms with Crippen LogP contribution in [-0.2, 0) is 4.79 Å². The van der Waals surface area contributed by atoms with Gasteiger partial charge in [0.05, 0.1) is 10.8 Å². The molecule has 1 aliphatic heterocycles. The Morgan fingerprint density at radius 3 is 3.00 bits per heavy atom.